The molecule has 3 N–H and O–H groups in total. The smallest absolute Gasteiger partial charge is 0.457 e. The van der Waals surface area contributed by atoms with E-state index in [0.29, 0.717) is 13.0 Å². The Kier molecular flexibility index (Phi) is 40.4. The average Bonchev–Trinajstić information content (AvgIpc) is 3.15. The van der Waals surface area contributed by atoms with E-state index < -0.39 is 13.9 Å². The summed E-state index contributed by atoms with van der Waals surface area (Å²) in [5, 5.41) is 0. The summed E-state index contributed by atoms with van der Waals surface area (Å²) in [7, 11) is -4.27. The van der Waals surface area contributed by atoms with Crippen molar-refractivity contribution in [3.8, 4) is 0 Å². The fourth-order valence-electron chi connectivity index (χ4n) is 5.87. The van der Waals surface area contributed by atoms with E-state index in [9.17, 15) is 14.3 Å². The third kappa shape index (κ3) is 41.5. The standard InChI is InChI=1S/C44H82NO7P/c1-3-5-7-9-11-13-15-17-18-19-20-21-22-23-24-25-26-28-30-32-34-36-39-49-41-43(42-51-53(47,48)50-40-38-45)52-44(46)37-35-33-31-29-27-16-14-12-10-8-6-4-2/h5,7,11,13,17-18,20-21,43H,3-4,6,8-10,12,14-16,19,22-42,45H2,1-2H3,(H,47,48)/b7-5-,13-11-,18-17-,21-20-. The van der Waals surface area contributed by atoms with Crippen LogP contribution in [0.1, 0.15) is 187 Å². The van der Waals surface area contributed by atoms with Gasteiger partial charge in [0.2, 0.25) is 0 Å². The van der Waals surface area contributed by atoms with Gasteiger partial charge in [0.1, 0.15) is 6.10 Å². The van der Waals surface area contributed by atoms with Crippen LogP contribution in [0.3, 0.4) is 0 Å². The first-order valence-electron chi connectivity index (χ1n) is 21.6. The van der Waals surface area contributed by atoms with Crippen LogP contribution in [0.15, 0.2) is 48.6 Å². The number of allylic oxidation sites excluding steroid dienone is 8. The number of ether oxygens (including phenoxy) is 2. The number of hydrogen-bond donors (Lipinski definition) is 2. The molecule has 2 unspecified atom stereocenters. The fourth-order valence-corrected chi connectivity index (χ4v) is 6.64. The topological polar surface area (TPSA) is 117 Å². The molecule has 0 aromatic carbocycles. The molecule has 0 heterocycles. The number of esters is 1. The summed E-state index contributed by atoms with van der Waals surface area (Å²) in [5.41, 5.74) is 5.36. The second-order valence-corrected chi connectivity index (χ2v) is 15.6. The largest absolute Gasteiger partial charge is 0.472 e. The first kappa shape index (κ1) is 51.5. The van der Waals surface area contributed by atoms with Crippen molar-refractivity contribution in [1.82, 2.24) is 0 Å². The van der Waals surface area contributed by atoms with Crippen LogP contribution >= 0.6 is 7.82 Å². The number of unbranched alkanes of at least 4 members (excludes halogenated alkanes) is 20. The Morgan fingerprint density at radius 1 is 0.585 bits per heavy atom. The van der Waals surface area contributed by atoms with Gasteiger partial charge in [-0.15, -0.1) is 0 Å². The highest BCUT2D eigenvalue weighted by Gasteiger charge is 2.25. The zero-order chi connectivity index (χ0) is 38.8. The fraction of sp³-hybridized carbons (Fsp3) is 0.795. The van der Waals surface area contributed by atoms with E-state index in [1.54, 1.807) is 0 Å². The first-order chi connectivity index (χ1) is 25.9. The Balaban J connectivity index is 3.99. The highest BCUT2D eigenvalue weighted by atomic mass is 31.2. The Labute approximate surface area is 326 Å². The molecular formula is C44H82NO7P. The minimum absolute atomic E-state index is 0.0969. The van der Waals surface area contributed by atoms with Crippen molar-refractivity contribution in [3.63, 3.8) is 0 Å². The van der Waals surface area contributed by atoms with Crippen LogP contribution in [0.5, 0.6) is 0 Å². The lowest BCUT2D eigenvalue weighted by atomic mass is 10.0. The predicted octanol–water partition coefficient (Wildman–Crippen LogP) is 12.8. The summed E-state index contributed by atoms with van der Waals surface area (Å²) in [6, 6.07) is 0. The number of hydrogen-bond acceptors (Lipinski definition) is 7. The lowest BCUT2D eigenvalue weighted by Crippen LogP contribution is -2.28. The number of rotatable bonds is 41. The van der Waals surface area contributed by atoms with Crippen LogP contribution in [0, 0.1) is 0 Å². The van der Waals surface area contributed by atoms with Crippen molar-refractivity contribution >= 4 is 13.8 Å². The maximum absolute atomic E-state index is 12.5. The van der Waals surface area contributed by atoms with Gasteiger partial charge in [-0.1, -0.05) is 178 Å². The number of carbonyl (C=O) groups is 1. The Morgan fingerprint density at radius 2 is 1.06 bits per heavy atom. The van der Waals surface area contributed by atoms with Crippen molar-refractivity contribution in [2.75, 3.05) is 33.0 Å². The maximum atomic E-state index is 12.5. The van der Waals surface area contributed by atoms with Gasteiger partial charge in [-0.3, -0.25) is 13.8 Å². The molecule has 0 radical (unpaired) electrons. The van der Waals surface area contributed by atoms with Gasteiger partial charge in [-0.05, 0) is 51.4 Å². The zero-order valence-electron chi connectivity index (χ0n) is 34.2. The van der Waals surface area contributed by atoms with Gasteiger partial charge in [0.25, 0.3) is 0 Å². The van der Waals surface area contributed by atoms with E-state index in [-0.39, 0.29) is 32.3 Å². The molecular weight excluding hydrogens is 685 g/mol. The highest BCUT2D eigenvalue weighted by Crippen LogP contribution is 2.43. The second-order valence-electron chi connectivity index (χ2n) is 14.2. The SMILES string of the molecule is CC/C=C\C/C=C\C/C=C\C/C=C\CCCCCCCCCCCOCC(COP(=O)(O)OCCN)OC(=O)CCCCCCCCCCCCCC. The van der Waals surface area contributed by atoms with E-state index in [2.05, 4.69) is 62.5 Å². The highest BCUT2D eigenvalue weighted by molar-refractivity contribution is 7.47. The number of nitrogens with two attached hydrogens (primary N) is 1. The monoisotopic (exact) mass is 768 g/mol. The molecule has 0 fully saturated rings. The van der Waals surface area contributed by atoms with Crippen LogP contribution in [0.4, 0.5) is 0 Å². The summed E-state index contributed by atoms with van der Waals surface area (Å²) in [4.78, 5) is 22.4. The van der Waals surface area contributed by atoms with E-state index in [1.807, 2.05) is 0 Å². The van der Waals surface area contributed by atoms with Crippen molar-refractivity contribution in [1.29, 1.82) is 0 Å². The predicted molar refractivity (Wildman–Crippen MR) is 224 cm³/mol. The molecule has 0 saturated carbocycles. The van der Waals surface area contributed by atoms with Crippen molar-refractivity contribution in [2.24, 2.45) is 5.73 Å². The minimum atomic E-state index is -4.27. The van der Waals surface area contributed by atoms with Gasteiger partial charge in [0, 0.05) is 19.6 Å². The Morgan fingerprint density at radius 3 is 1.58 bits per heavy atom. The lowest BCUT2D eigenvalue weighted by Gasteiger charge is -2.20. The molecule has 9 heteroatoms. The molecule has 0 aliphatic rings. The van der Waals surface area contributed by atoms with E-state index in [4.69, 9.17) is 24.3 Å². The molecule has 53 heavy (non-hydrogen) atoms. The molecule has 0 aliphatic carbocycles. The van der Waals surface area contributed by atoms with Gasteiger partial charge in [-0.2, -0.15) is 0 Å². The number of carbonyl (C=O) groups excluding carboxylic acids is 1. The number of phosphoric ester groups is 1. The van der Waals surface area contributed by atoms with Crippen molar-refractivity contribution in [2.45, 2.75) is 193 Å². The minimum Gasteiger partial charge on any atom is -0.457 e. The summed E-state index contributed by atoms with van der Waals surface area (Å²) in [6.07, 6.45) is 48.4. The molecule has 0 aromatic rings. The van der Waals surface area contributed by atoms with Crippen molar-refractivity contribution in [3.05, 3.63) is 48.6 Å². The quantitative estimate of drug-likeness (QED) is 0.0273. The molecule has 0 aromatic heterocycles. The first-order valence-corrected chi connectivity index (χ1v) is 23.1. The van der Waals surface area contributed by atoms with Crippen LogP contribution < -0.4 is 5.73 Å². The molecule has 0 aliphatic heterocycles. The van der Waals surface area contributed by atoms with Crippen molar-refractivity contribution < 1.29 is 32.8 Å². The van der Waals surface area contributed by atoms with Gasteiger partial charge in [0.05, 0.1) is 19.8 Å². The molecule has 0 bridgehead atoms. The molecule has 0 rings (SSSR count). The third-order valence-corrected chi connectivity index (χ3v) is 9.99. The van der Waals surface area contributed by atoms with E-state index in [1.165, 1.54) is 109 Å². The van der Waals surface area contributed by atoms with Gasteiger partial charge in [0.15, 0.2) is 0 Å². The summed E-state index contributed by atoms with van der Waals surface area (Å²) < 4.78 is 33.4. The van der Waals surface area contributed by atoms with Crippen LogP contribution in [-0.2, 0) is 27.9 Å². The van der Waals surface area contributed by atoms with Gasteiger partial charge >= 0.3 is 13.8 Å². The Bertz CT molecular complexity index is 952. The summed E-state index contributed by atoms with van der Waals surface area (Å²) in [6.45, 7) is 4.80. The lowest BCUT2D eigenvalue weighted by molar-refractivity contribution is -0.154. The molecule has 2 atom stereocenters. The molecule has 8 nitrogen and oxygen atoms in total. The van der Waals surface area contributed by atoms with Crippen LogP contribution in [0.2, 0.25) is 0 Å². The molecule has 0 spiro atoms. The summed E-state index contributed by atoms with van der Waals surface area (Å²) in [5.74, 6) is -0.334. The van der Waals surface area contributed by atoms with Crippen LogP contribution in [0.25, 0.3) is 0 Å². The average molecular weight is 768 g/mol. The van der Waals surface area contributed by atoms with E-state index >= 15 is 0 Å². The van der Waals surface area contributed by atoms with Gasteiger partial charge < -0.3 is 20.1 Å². The summed E-state index contributed by atoms with van der Waals surface area (Å²) >= 11 is 0. The van der Waals surface area contributed by atoms with E-state index in [0.717, 1.165) is 57.8 Å². The maximum Gasteiger partial charge on any atom is 0.472 e. The second kappa shape index (κ2) is 41.6. The van der Waals surface area contributed by atoms with Gasteiger partial charge in [-0.25, -0.2) is 4.57 Å². The molecule has 0 saturated heterocycles. The Hall–Kier alpha value is -1.54. The third-order valence-electron chi connectivity index (χ3n) is 9.01. The molecule has 310 valence electrons. The normalized spacial score (nSPS) is 14.0. The number of phosphoric acid groups is 1. The van der Waals surface area contributed by atoms with Crippen LogP contribution in [-0.4, -0.2) is 49.9 Å². The molecule has 0 amide bonds. The zero-order valence-corrected chi connectivity index (χ0v) is 35.1.